The first-order chi connectivity index (χ1) is 10.2. The monoisotopic (exact) mass is 287 g/mol. The number of likely N-dealkylation sites (tertiary alicyclic amines) is 1. The predicted octanol–water partition coefficient (Wildman–Crippen LogP) is 1.81. The quantitative estimate of drug-likeness (QED) is 0.887. The van der Waals surface area contributed by atoms with E-state index in [4.69, 9.17) is 0 Å². The Kier molecular flexibility index (Phi) is 4.08. The second kappa shape index (κ2) is 6.16. The van der Waals surface area contributed by atoms with Crippen LogP contribution in [0.2, 0.25) is 0 Å². The summed E-state index contributed by atoms with van der Waals surface area (Å²) in [6.07, 6.45) is 4.15. The van der Waals surface area contributed by atoms with Crippen molar-refractivity contribution in [1.82, 2.24) is 15.5 Å². The van der Waals surface area contributed by atoms with Gasteiger partial charge in [-0.2, -0.15) is 0 Å². The predicted molar refractivity (Wildman–Crippen MR) is 79.7 cm³/mol. The van der Waals surface area contributed by atoms with Crippen molar-refractivity contribution in [3.05, 3.63) is 35.9 Å². The molecule has 5 nitrogen and oxygen atoms in total. The largest absolute Gasteiger partial charge is 0.341 e. The summed E-state index contributed by atoms with van der Waals surface area (Å²) in [4.78, 5) is 26.5. The second-order valence-corrected chi connectivity index (χ2v) is 5.77. The molecule has 1 saturated heterocycles. The number of rotatable bonds is 4. The number of benzene rings is 1. The molecular weight excluding hydrogens is 266 g/mol. The first-order valence-electron chi connectivity index (χ1n) is 7.65. The summed E-state index contributed by atoms with van der Waals surface area (Å²) >= 11 is 0. The molecule has 2 aliphatic rings. The fourth-order valence-corrected chi connectivity index (χ4v) is 2.64. The molecule has 2 N–H and O–H groups in total. The molecule has 0 aromatic heterocycles. The summed E-state index contributed by atoms with van der Waals surface area (Å²) in [5.74, 6) is -0.00959. The van der Waals surface area contributed by atoms with Crippen molar-refractivity contribution in [1.29, 1.82) is 0 Å². The maximum absolute atomic E-state index is 12.7. The van der Waals surface area contributed by atoms with Crippen LogP contribution in [0.4, 0.5) is 4.79 Å². The molecule has 1 heterocycles. The molecule has 2 fully saturated rings. The molecule has 0 unspecified atom stereocenters. The molecule has 1 atom stereocenters. The summed E-state index contributed by atoms with van der Waals surface area (Å²) in [5.41, 5.74) is 0.834. The molecule has 5 heteroatoms. The smallest absolute Gasteiger partial charge is 0.315 e. The standard InChI is InChI=1S/C16H21N3O2/c20-15(19-10-4-5-11-19)14(12-6-2-1-3-7-12)18-16(21)17-13-8-9-13/h1-3,6-7,13-14H,4-5,8-11H2,(H2,17,18,21)/t14-/m0/s1. The van der Waals surface area contributed by atoms with Crippen LogP contribution in [0.15, 0.2) is 30.3 Å². The van der Waals surface area contributed by atoms with E-state index in [1.54, 1.807) is 0 Å². The topological polar surface area (TPSA) is 61.4 Å². The van der Waals surface area contributed by atoms with Gasteiger partial charge in [0.25, 0.3) is 0 Å². The zero-order valence-corrected chi connectivity index (χ0v) is 12.0. The highest BCUT2D eigenvalue weighted by molar-refractivity contribution is 5.88. The summed E-state index contributed by atoms with van der Waals surface area (Å²) in [7, 11) is 0. The molecule has 1 saturated carbocycles. The molecule has 0 spiro atoms. The minimum atomic E-state index is -0.594. The molecule has 112 valence electrons. The van der Waals surface area contributed by atoms with Crippen molar-refractivity contribution < 1.29 is 9.59 Å². The molecule has 3 amide bonds. The van der Waals surface area contributed by atoms with Crippen LogP contribution in [0.1, 0.15) is 37.3 Å². The van der Waals surface area contributed by atoms with Gasteiger partial charge in [-0.15, -0.1) is 0 Å². The van der Waals surface area contributed by atoms with Gasteiger partial charge in [-0.1, -0.05) is 30.3 Å². The van der Waals surface area contributed by atoms with Gasteiger partial charge in [-0.3, -0.25) is 4.79 Å². The van der Waals surface area contributed by atoms with Gasteiger partial charge in [0, 0.05) is 19.1 Å². The molecular formula is C16H21N3O2. The summed E-state index contributed by atoms with van der Waals surface area (Å²) in [6, 6.07) is 8.89. The van der Waals surface area contributed by atoms with Gasteiger partial charge in [0.2, 0.25) is 5.91 Å². The van der Waals surface area contributed by atoms with E-state index in [0.29, 0.717) is 0 Å². The third-order valence-electron chi connectivity index (χ3n) is 3.99. The Hall–Kier alpha value is -2.04. The molecule has 21 heavy (non-hydrogen) atoms. The molecule has 0 bridgehead atoms. The highest BCUT2D eigenvalue weighted by atomic mass is 16.2. The number of hydrogen-bond acceptors (Lipinski definition) is 2. The second-order valence-electron chi connectivity index (χ2n) is 5.77. The fourth-order valence-electron chi connectivity index (χ4n) is 2.64. The Morgan fingerprint density at radius 2 is 1.76 bits per heavy atom. The van der Waals surface area contributed by atoms with Crippen molar-refractivity contribution in [3.63, 3.8) is 0 Å². The Labute approximate surface area is 124 Å². The number of carbonyl (C=O) groups is 2. The van der Waals surface area contributed by atoms with Gasteiger partial charge < -0.3 is 15.5 Å². The maximum atomic E-state index is 12.7. The zero-order chi connectivity index (χ0) is 14.7. The van der Waals surface area contributed by atoms with Gasteiger partial charge in [-0.05, 0) is 31.2 Å². The molecule has 3 rings (SSSR count). The Morgan fingerprint density at radius 3 is 2.38 bits per heavy atom. The molecule has 1 aliphatic carbocycles. The lowest BCUT2D eigenvalue weighted by Gasteiger charge is -2.24. The van der Waals surface area contributed by atoms with Gasteiger partial charge in [0.15, 0.2) is 0 Å². The molecule has 1 aromatic carbocycles. The van der Waals surface area contributed by atoms with Gasteiger partial charge in [0.1, 0.15) is 6.04 Å². The van der Waals surface area contributed by atoms with Crippen LogP contribution in [0, 0.1) is 0 Å². The minimum Gasteiger partial charge on any atom is -0.341 e. The lowest BCUT2D eigenvalue weighted by molar-refractivity contribution is -0.132. The van der Waals surface area contributed by atoms with Crippen molar-refractivity contribution in [2.45, 2.75) is 37.8 Å². The van der Waals surface area contributed by atoms with E-state index in [9.17, 15) is 9.59 Å². The SMILES string of the molecule is O=C(NC1CC1)N[C@H](C(=O)N1CCCC1)c1ccccc1. The molecule has 0 radical (unpaired) electrons. The lowest BCUT2D eigenvalue weighted by atomic mass is 10.1. The summed E-state index contributed by atoms with van der Waals surface area (Å²) in [5, 5.41) is 5.72. The highest BCUT2D eigenvalue weighted by Gasteiger charge is 2.30. The van der Waals surface area contributed by atoms with E-state index in [2.05, 4.69) is 10.6 Å². The first-order valence-corrected chi connectivity index (χ1v) is 7.65. The normalized spacial score (nSPS) is 19.1. The van der Waals surface area contributed by atoms with E-state index in [1.165, 1.54) is 0 Å². The van der Waals surface area contributed by atoms with E-state index < -0.39 is 6.04 Å². The van der Waals surface area contributed by atoms with Gasteiger partial charge in [-0.25, -0.2) is 4.79 Å². The van der Waals surface area contributed by atoms with Gasteiger partial charge >= 0.3 is 6.03 Å². The number of urea groups is 1. The van der Waals surface area contributed by atoms with Crippen molar-refractivity contribution in [2.75, 3.05) is 13.1 Å². The Bertz CT molecular complexity index is 508. The van der Waals surface area contributed by atoms with Crippen molar-refractivity contribution >= 4 is 11.9 Å². The van der Waals surface area contributed by atoms with Crippen LogP contribution >= 0.6 is 0 Å². The van der Waals surface area contributed by atoms with Crippen molar-refractivity contribution in [2.24, 2.45) is 0 Å². The molecule has 1 aromatic rings. The third kappa shape index (κ3) is 3.54. The zero-order valence-electron chi connectivity index (χ0n) is 12.0. The van der Waals surface area contributed by atoms with E-state index in [0.717, 1.165) is 44.3 Å². The minimum absolute atomic E-state index is 0.00959. The van der Waals surface area contributed by atoms with Gasteiger partial charge in [0.05, 0.1) is 0 Å². The van der Waals surface area contributed by atoms with Crippen LogP contribution in [0.3, 0.4) is 0 Å². The lowest BCUT2D eigenvalue weighted by Crippen LogP contribution is -2.46. The highest BCUT2D eigenvalue weighted by Crippen LogP contribution is 2.21. The van der Waals surface area contributed by atoms with Crippen LogP contribution in [0.5, 0.6) is 0 Å². The molecule has 1 aliphatic heterocycles. The van der Waals surface area contributed by atoms with Crippen LogP contribution < -0.4 is 10.6 Å². The van der Waals surface area contributed by atoms with Crippen LogP contribution in [-0.2, 0) is 4.79 Å². The number of amides is 3. The number of carbonyl (C=O) groups excluding carboxylic acids is 2. The van der Waals surface area contributed by atoms with E-state index in [-0.39, 0.29) is 18.0 Å². The Morgan fingerprint density at radius 1 is 1.10 bits per heavy atom. The summed E-state index contributed by atoms with van der Waals surface area (Å²) < 4.78 is 0. The van der Waals surface area contributed by atoms with E-state index >= 15 is 0 Å². The average molecular weight is 287 g/mol. The first kappa shape index (κ1) is 13.9. The Balaban J connectivity index is 1.73. The average Bonchev–Trinajstić information content (AvgIpc) is 3.14. The fraction of sp³-hybridized carbons (Fsp3) is 0.500. The summed E-state index contributed by atoms with van der Waals surface area (Å²) in [6.45, 7) is 1.57. The number of hydrogen-bond donors (Lipinski definition) is 2. The maximum Gasteiger partial charge on any atom is 0.315 e. The van der Waals surface area contributed by atoms with E-state index in [1.807, 2.05) is 35.2 Å². The third-order valence-corrected chi connectivity index (χ3v) is 3.99. The van der Waals surface area contributed by atoms with Crippen LogP contribution in [-0.4, -0.2) is 36.0 Å². The number of nitrogens with zero attached hydrogens (tertiary/aromatic N) is 1. The van der Waals surface area contributed by atoms with Crippen LogP contribution in [0.25, 0.3) is 0 Å². The number of nitrogens with one attached hydrogen (secondary N) is 2. The van der Waals surface area contributed by atoms with Crippen molar-refractivity contribution in [3.8, 4) is 0 Å².